The molecule has 0 aliphatic heterocycles. The molecule has 2 aromatic rings. The van der Waals surface area contributed by atoms with Crippen molar-refractivity contribution in [1.29, 1.82) is 0 Å². The molecule has 0 spiro atoms. The van der Waals surface area contributed by atoms with E-state index in [0.717, 1.165) is 36.6 Å². The van der Waals surface area contributed by atoms with E-state index < -0.39 is 5.60 Å². The summed E-state index contributed by atoms with van der Waals surface area (Å²) < 4.78 is 2.07. The molecular formula is C29H42N2O2S. The van der Waals surface area contributed by atoms with E-state index in [1.165, 1.54) is 48.9 Å². The van der Waals surface area contributed by atoms with Crippen LogP contribution in [0.3, 0.4) is 0 Å². The summed E-state index contributed by atoms with van der Waals surface area (Å²) in [4.78, 5) is 14.9. The molecule has 0 saturated heterocycles. The van der Waals surface area contributed by atoms with Gasteiger partial charge in [-0.05, 0) is 124 Å². The smallest absolute Gasteiger partial charge is 0.157 e. The molecule has 1 heterocycles. The molecule has 2 N–H and O–H groups in total. The minimum atomic E-state index is -0.467. The summed E-state index contributed by atoms with van der Waals surface area (Å²) in [6, 6.07) is 6.46. The second-order valence-electron chi connectivity index (χ2n) is 13.1. The number of ketones is 1. The average Bonchev–Trinajstić information content (AvgIpc) is 3.15. The first-order valence-electron chi connectivity index (χ1n) is 13.6. The molecule has 6 rings (SSSR count). The summed E-state index contributed by atoms with van der Waals surface area (Å²) in [6.45, 7) is 7.56. The van der Waals surface area contributed by atoms with Crippen LogP contribution < -0.4 is 0 Å². The van der Waals surface area contributed by atoms with Gasteiger partial charge in [0.15, 0.2) is 5.78 Å². The number of H-pyrrole nitrogens is 1. The fourth-order valence-corrected chi connectivity index (χ4v) is 9.89. The first-order valence-corrected chi connectivity index (χ1v) is 14.8. The van der Waals surface area contributed by atoms with Gasteiger partial charge < -0.3 is 5.11 Å². The van der Waals surface area contributed by atoms with Crippen molar-refractivity contribution in [1.82, 2.24) is 9.78 Å². The molecule has 4 aliphatic rings. The zero-order valence-corrected chi connectivity index (χ0v) is 22.2. The lowest BCUT2D eigenvalue weighted by Gasteiger charge is -2.61. The Hall–Kier alpha value is -1.20. The van der Waals surface area contributed by atoms with Gasteiger partial charge in [0.2, 0.25) is 0 Å². The van der Waals surface area contributed by atoms with Gasteiger partial charge in [-0.3, -0.25) is 14.6 Å². The van der Waals surface area contributed by atoms with Crippen molar-refractivity contribution < 1.29 is 9.90 Å². The van der Waals surface area contributed by atoms with Crippen molar-refractivity contribution in [2.75, 3.05) is 6.26 Å². The molecule has 0 amide bonds. The molecule has 0 radical (unpaired) electrons. The number of aliphatic hydroxyl groups is 1. The first kappa shape index (κ1) is 23.2. The largest absolute Gasteiger partial charge is 0.390 e. The number of carbonyl (C=O) groups excluding carboxylic acids is 1. The van der Waals surface area contributed by atoms with Crippen molar-refractivity contribution >= 4 is 28.6 Å². The van der Waals surface area contributed by atoms with Crippen molar-refractivity contribution in [3.05, 3.63) is 18.2 Å². The quantitative estimate of drug-likeness (QED) is 0.479. The summed E-state index contributed by atoms with van der Waals surface area (Å²) in [5.41, 5.74) is 2.39. The minimum absolute atomic E-state index is 0.163. The average molecular weight is 483 g/mol. The van der Waals surface area contributed by atoms with E-state index in [4.69, 9.17) is 0 Å². The molecule has 4 fully saturated rings. The first-order chi connectivity index (χ1) is 16.1. The maximum absolute atomic E-state index is 13.7. The Morgan fingerprint density at radius 2 is 1.85 bits per heavy atom. The molecule has 8 atom stereocenters. The van der Waals surface area contributed by atoms with E-state index in [0.29, 0.717) is 29.6 Å². The number of thioether (sulfide) groups is 1. The van der Waals surface area contributed by atoms with Crippen LogP contribution in [0, 0.1) is 40.4 Å². The number of Topliss-reactive ketones (excluding diaryl/α,β-unsaturated/α-hetero) is 1. The summed E-state index contributed by atoms with van der Waals surface area (Å²) in [6.07, 6.45) is 12.6. The molecule has 4 saturated carbocycles. The molecule has 1 aromatic heterocycles. The lowest BCUT2D eigenvalue weighted by molar-refractivity contribution is -0.151. The van der Waals surface area contributed by atoms with Crippen LogP contribution in [-0.2, 0) is 11.3 Å². The molecule has 34 heavy (non-hydrogen) atoms. The number of hydrogen-bond acceptors (Lipinski definition) is 3. The van der Waals surface area contributed by atoms with Crippen LogP contribution in [-0.4, -0.2) is 32.5 Å². The Morgan fingerprint density at radius 1 is 1.06 bits per heavy atom. The van der Waals surface area contributed by atoms with Crippen molar-refractivity contribution in [2.24, 2.45) is 40.4 Å². The third kappa shape index (κ3) is 3.39. The second-order valence-corrected chi connectivity index (χ2v) is 14.0. The zero-order chi connectivity index (χ0) is 23.9. The summed E-state index contributed by atoms with van der Waals surface area (Å²) in [5.74, 6) is 3.55. The highest BCUT2D eigenvalue weighted by molar-refractivity contribution is 7.98. The van der Waals surface area contributed by atoms with Gasteiger partial charge in [0.05, 0.1) is 23.2 Å². The van der Waals surface area contributed by atoms with Gasteiger partial charge in [0.1, 0.15) is 0 Å². The van der Waals surface area contributed by atoms with Crippen LogP contribution in [0.4, 0.5) is 0 Å². The van der Waals surface area contributed by atoms with Crippen molar-refractivity contribution in [3.8, 4) is 0 Å². The molecule has 186 valence electrons. The standard InChI is InChI=1S/C29H42N2O2S/c1-27(33)13-14-28(2)18(16-27)5-7-20-21-8-9-23(29(21,3)12-11-22(20)28)26(32)17-31-25-15-19(34-4)6-10-24(25)30-31/h6,10,15,18,20-23,30,33H,5,7-9,11-14,16-17H2,1-4H3/t18-,20?,21+,22+,23-,27-,28?,29+/m1/s1. The Bertz CT molecular complexity index is 1100. The second kappa shape index (κ2) is 7.90. The number of fused-ring (bicyclic) bond motifs is 6. The summed E-state index contributed by atoms with van der Waals surface area (Å²) in [5, 5.41) is 14.1. The number of nitrogens with one attached hydrogen (secondary N) is 1. The van der Waals surface area contributed by atoms with Gasteiger partial charge in [0.25, 0.3) is 0 Å². The Balaban J connectivity index is 1.20. The van der Waals surface area contributed by atoms with E-state index in [1.807, 2.05) is 0 Å². The number of aromatic amines is 1. The van der Waals surface area contributed by atoms with Crippen LogP contribution >= 0.6 is 11.8 Å². The van der Waals surface area contributed by atoms with Crippen LogP contribution in [0.1, 0.15) is 78.6 Å². The zero-order valence-electron chi connectivity index (χ0n) is 21.4. The highest BCUT2D eigenvalue weighted by Crippen LogP contribution is 2.68. The van der Waals surface area contributed by atoms with Crippen molar-refractivity contribution in [3.63, 3.8) is 0 Å². The molecule has 4 aliphatic carbocycles. The molecular weight excluding hydrogens is 440 g/mol. The predicted octanol–water partition coefficient (Wildman–Crippen LogP) is 6.67. The summed E-state index contributed by atoms with van der Waals surface area (Å²) in [7, 11) is 0. The van der Waals surface area contributed by atoms with E-state index in [9.17, 15) is 9.90 Å². The minimum Gasteiger partial charge on any atom is -0.390 e. The number of benzene rings is 1. The molecule has 0 bridgehead atoms. The van der Waals surface area contributed by atoms with Gasteiger partial charge in [-0.15, -0.1) is 11.8 Å². The number of nitrogens with zero attached hydrogens (tertiary/aromatic N) is 1. The lowest BCUT2D eigenvalue weighted by atomic mass is 9.44. The third-order valence-corrected chi connectivity index (χ3v) is 12.1. The fourth-order valence-electron chi connectivity index (χ4n) is 9.46. The normalized spacial score (nSPS) is 44.0. The van der Waals surface area contributed by atoms with E-state index in [2.05, 4.69) is 55.0 Å². The maximum atomic E-state index is 13.7. The van der Waals surface area contributed by atoms with Crippen LogP contribution in [0.2, 0.25) is 0 Å². The monoisotopic (exact) mass is 482 g/mol. The maximum Gasteiger partial charge on any atom is 0.157 e. The highest BCUT2D eigenvalue weighted by Gasteiger charge is 2.61. The predicted molar refractivity (Wildman–Crippen MR) is 139 cm³/mol. The van der Waals surface area contributed by atoms with E-state index >= 15 is 0 Å². The van der Waals surface area contributed by atoms with Crippen molar-refractivity contribution in [2.45, 2.75) is 95.6 Å². The van der Waals surface area contributed by atoms with Gasteiger partial charge in [-0.2, -0.15) is 0 Å². The topological polar surface area (TPSA) is 58.0 Å². The van der Waals surface area contributed by atoms with Gasteiger partial charge in [0, 0.05) is 10.8 Å². The van der Waals surface area contributed by atoms with Crippen LogP contribution in [0.15, 0.2) is 23.1 Å². The highest BCUT2D eigenvalue weighted by atomic mass is 32.2. The fraction of sp³-hybridized carbons (Fsp3) is 0.759. The number of rotatable bonds is 4. The Labute approximate surface area is 208 Å². The van der Waals surface area contributed by atoms with Crippen LogP contribution in [0.5, 0.6) is 0 Å². The SMILES string of the molecule is CSc1ccc2[nH]n(CC(=O)[C@H]3CC[C@H]4C5CC[C@@H]6C[C@](C)(O)CCC6(C)[C@H]5CC[C@]34C)c2c1. The van der Waals surface area contributed by atoms with Gasteiger partial charge in [-0.25, -0.2) is 0 Å². The molecule has 5 heteroatoms. The Morgan fingerprint density at radius 3 is 2.65 bits per heavy atom. The van der Waals surface area contributed by atoms with E-state index in [1.54, 1.807) is 11.8 Å². The molecule has 2 unspecified atom stereocenters. The lowest BCUT2D eigenvalue weighted by Crippen LogP contribution is -2.55. The van der Waals surface area contributed by atoms with Gasteiger partial charge >= 0.3 is 0 Å². The van der Waals surface area contributed by atoms with E-state index in [-0.39, 0.29) is 11.3 Å². The third-order valence-electron chi connectivity index (χ3n) is 11.4. The van der Waals surface area contributed by atoms with Gasteiger partial charge in [-0.1, -0.05) is 13.8 Å². The summed E-state index contributed by atoms with van der Waals surface area (Å²) >= 11 is 1.75. The number of aromatic nitrogens is 2. The molecule has 4 nitrogen and oxygen atoms in total. The molecule has 1 aromatic carbocycles. The van der Waals surface area contributed by atoms with Crippen LogP contribution in [0.25, 0.3) is 11.0 Å². The number of carbonyl (C=O) groups is 1. The number of hydrogen-bond donors (Lipinski definition) is 2. The Kier molecular flexibility index (Phi) is 5.39.